The minimum atomic E-state index is -0.514. The zero-order chi connectivity index (χ0) is 41.2. The molecule has 0 saturated carbocycles. The lowest BCUT2D eigenvalue weighted by Crippen LogP contribution is -2.10. The Morgan fingerprint density at radius 2 is 0.741 bits per heavy atom. The highest BCUT2D eigenvalue weighted by Crippen LogP contribution is 2.33. The average molecular weight is 793 g/mol. The molecule has 308 valence electrons. The third kappa shape index (κ3) is 16.3. The molecule has 0 fully saturated rings. The lowest BCUT2D eigenvalue weighted by molar-refractivity contribution is -0.138. The number of carbonyl (C=O) groups excluding carboxylic acids is 4. The van der Waals surface area contributed by atoms with E-state index in [1.807, 2.05) is 12.1 Å². The first-order chi connectivity index (χ1) is 28.4. The minimum Gasteiger partial charge on any atom is -0.494 e. The van der Waals surface area contributed by atoms with Gasteiger partial charge in [0.05, 0.1) is 37.6 Å². The molecule has 0 aliphatic heterocycles. The van der Waals surface area contributed by atoms with Crippen molar-refractivity contribution in [3.8, 4) is 23.0 Å². The van der Waals surface area contributed by atoms with Gasteiger partial charge in [-0.2, -0.15) is 0 Å². The van der Waals surface area contributed by atoms with Crippen LogP contribution in [0.25, 0.3) is 10.8 Å². The van der Waals surface area contributed by atoms with Gasteiger partial charge < -0.3 is 28.4 Å². The van der Waals surface area contributed by atoms with Crippen LogP contribution in [0, 0.1) is 0 Å². The van der Waals surface area contributed by atoms with Gasteiger partial charge in [-0.1, -0.05) is 102 Å². The molecule has 0 N–H and O–H groups in total. The van der Waals surface area contributed by atoms with Crippen LogP contribution in [0.1, 0.15) is 111 Å². The first kappa shape index (κ1) is 44.8. The Labute approximate surface area is 342 Å². The molecule has 10 nitrogen and oxygen atoms in total. The van der Waals surface area contributed by atoms with Crippen LogP contribution in [0.15, 0.2) is 110 Å². The van der Waals surface area contributed by atoms with Crippen molar-refractivity contribution in [3.63, 3.8) is 0 Å². The Morgan fingerprint density at radius 1 is 0.414 bits per heavy atom. The summed E-state index contributed by atoms with van der Waals surface area (Å²) in [6, 6.07) is 24.3. The number of carbonyl (C=O) groups is 4. The molecular weight excluding hydrogens is 737 g/mol. The maximum Gasteiger partial charge on any atom is 0.343 e. The van der Waals surface area contributed by atoms with Crippen molar-refractivity contribution in [1.82, 2.24) is 0 Å². The van der Waals surface area contributed by atoms with Crippen molar-refractivity contribution in [3.05, 3.63) is 121 Å². The summed E-state index contributed by atoms with van der Waals surface area (Å²) in [4.78, 5) is 48.3. The molecule has 0 heterocycles. The molecule has 10 heteroatoms. The lowest BCUT2D eigenvalue weighted by atomic mass is 10.1. The average Bonchev–Trinajstić information content (AvgIpc) is 3.25. The van der Waals surface area contributed by atoms with Crippen molar-refractivity contribution in [2.45, 2.75) is 89.9 Å². The van der Waals surface area contributed by atoms with Crippen molar-refractivity contribution in [2.75, 3.05) is 26.4 Å². The molecule has 0 saturated heterocycles. The fraction of sp³-hybridized carbons (Fsp3) is 0.375. The third-order valence-corrected chi connectivity index (χ3v) is 9.36. The number of ether oxygens (including phenoxy) is 6. The largest absolute Gasteiger partial charge is 0.494 e. The van der Waals surface area contributed by atoms with Gasteiger partial charge in [0.2, 0.25) is 0 Å². The van der Waals surface area contributed by atoms with E-state index in [0.717, 1.165) is 89.9 Å². The van der Waals surface area contributed by atoms with Crippen LogP contribution in [-0.2, 0) is 19.1 Å². The second-order valence-electron chi connectivity index (χ2n) is 13.8. The van der Waals surface area contributed by atoms with Crippen molar-refractivity contribution in [1.29, 1.82) is 0 Å². The summed E-state index contributed by atoms with van der Waals surface area (Å²) in [6.07, 6.45) is 16.9. The van der Waals surface area contributed by atoms with Crippen LogP contribution < -0.4 is 18.9 Å². The molecule has 0 amide bonds. The molecule has 0 bridgehead atoms. The van der Waals surface area contributed by atoms with E-state index in [0.29, 0.717) is 71.3 Å². The summed E-state index contributed by atoms with van der Waals surface area (Å²) in [6.45, 7) is 8.84. The van der Waals surface area contributed by atoms with E-state index in [-0.39, 0.29) is 11.9 Å². The van der Waals surface area contributed by atoms with E-state index < -0.39 is 11.9 Å². The predicted molar refractivity (Wildman–Crippen MR) is 225 cm³/mol. The van der Waals surface area contributed by atoms with Gasteiger partial charge in [0.15, 0.2) is 0 Å². The predicted octanol–water partition coefficient (Wildman–Crippen LogP) is 11.0. The Bertz CT molecular complexity index is 1760. The van der Waals surface area contributed by atoms with Gasteiger partial charge in [-0.3, -0.25) is 0 Å². The van der Waals surface area contributed by atoms with E-state index in [9.17, 15) is 19.2 Å². The van der Waals surface area contributed by atoms with Crippen LogP contribution in [0.2, 0.25) is 0 Å². The minimum absolute atomic E-state index is 0.349. The summed E-state index contributed by atoms with van der Waals surface area (Å²) in [7, 11) is 0. The van der Waals surface area contributed by atoms with Crippen LogP contribution >= 0.6 is 0 Å². The van der Waals surface area contributed by atoms with Gasteiger partial charge in [-0.25, -0.2) is 19.2 Å². The highest BCUT2D eigenvalue weighted by atomic mass is 16.5. The van der Waals surface area contributed by atoms with Gasteiger partial charge in [0, 0.05) is 22.9 Å². The number of fused-ring (bicyclic) bond motifs is 1. The van der Waals surface area contributed by atoms with Crippen molar-refractivity contribution >= 4 is 34.6 Å². The van der Waals surface area contributed by atoms with Crippen LogP contribution in [0.5, 0.6) is 23.0 Å². The first-order valence-corrected chi connectivity index (χ1v) is 20.4. The highest BCUT2D eigenvalue weighted by Gasteiger charge is 2.16. The number of hydrogen-bond acceptors (Lipinski definition) is 10. The van der Waals surface area contributed by atoms with Gasteiger partial charge in [0.1, 0.15) is 23.0 Å². The number of hydrogen-bond donors (Lipinski definition) is 0. The van der Waals surface area contributed by atoms with Crippen molar-refractivity contribution in [2.24, 2.45) is 0 Å². The summed E-state index contributed by atoms with van der Waals surface area (Å²) >= 11 is 0. The Balaban J connectivity index is 1.15. The third-order valence-electron chi connectivity index (χ3n) is 9.36. The molecule has 0 atom stereocenters. The number of unbranched alkanes of at least 4 members (excludes halogenated alkanes) is 12. The highest BCUT2D eigenvalue weighted by molar-refractivity contribution is 5.99. The molecular formula is C48H56O10. The molecule has 4 rings (SSSR count). The summed E-state index contributed by atoms with van der Waals surface area (Å²) < 4.78 is 33.3. The molecule has 0 aliphatic rings. The normalized spacial score (nSPS) is 10.7. The topological polar surface area (TPSA) is 124 Å². The van der Waals surface area contributed by atoms with Crippen LogP contribution in [0.4, 0.5) is 0 Å². The number of rotatable bonds is 28. The molecule has 0 aliphatic carbocycles. The van der Waals surface area contributed by atoms with E-state index in [1.54, 1.807) is 72.8 Å². The fourth-order valence-electron chi connectivity index (χ4n) is 6.14. The van der Waals surface area contributed by atoms with Gasteiger partial charge >= 0.3 is 23.9 Å². The first-order valence-electron chi connectivity index (χ1n) is 20.4. The van der Waals surface area contributed by atoms with Crippen LogP contribution in [-0.4, -0.2) is 50.3 Å². The maximum absolute atomic E-state index is 13.1. The standard InChI is InChI=1S/C48H56O10/c1-3-45(49)55-35-17-13-9-5-7-11-15-33-53-39-29-25-37(26-30-39)47(51)57-43-23-19-22-42-41(43)21-20-24-44(42)58-48(52)38-27-31-40(32-28-38)54-34-16-12-8-6-10-14-18-36-56-46(50)4-2/h3-4,19-32H,1-2,5-18,33-36H2. The van der Waals surface area contributed by atoms with Gasteiger partial charge in [-0.05, 0) is 86.3 Å². The SMILES string of the molecule is C=CC(=O)OCCCCCCCCCOc1ccc(C(=O)Oc2cccc3c(OC(=O)c4ccc(OCCCCCCCCCOC(=O)C=C)cc4)cccc23)cc1. The Kier molecular flexibility index (Phi) is 20.2. The smallest absolute Gasteiger partial charge is 0.343 e. The van der Waals surface area contributed by atoms with Crippen molar-refractivity contribution < 1.29 is 47.6 Å². The van der Waals surface area contributed by atoms with E-state index in [2.05, 4.69) is 13.2 Å². The molecule has 0 spiro atoms. The molecule has 4 aromatic rings. The summed E-state index contributed by atoms with van der Waals surface area (Å²) in [5.74, 6) is 0.294. The zero-order valence-corrected chi connectivity index (χ0v) is 33.5. The second-order valence-corrected chi connectivity index (χ2v) is 13.8. The van der Waals surface area contributed by atoms with Gasteiger partial charge in [-0.15, -0.1) is 0 Å². The Morgan fingerprint density at radius 3 is 1.09 bits per heavy atom. The molecule has 0 radical (unpaired) electrons. The van der Waals surface area contributed by atoms with E-state index >= 15 is 0 Å². The summed E-state index contributed by atoms with van der Waals surface area (Å²) in [5, 5.41) is 1.26. The van der Waals surface area contributed by atoms with E-state index in [1.165, 1.54) is 12.2 Å². The van der Waals surface area contributed by atoms with E-state index in [4.69, 9.17) is 28.4 Å². The lowest BCUT2D eigenvalue weighted by Gasteiger charge is -2.12. The molecule has 0 unspecified atom stereocenters. The number of benzene rings is 4. The second kappa shape index (κ2) is 26.1. The summed E-state index contributed by atoms with van der Waals surface area (Å²) in [5.41, 5.74) is 0.764. The zero-order valence-electron chi connectivity index (χ0n) is 33.5. The Hall–Kier alpha value is -5.90. The number of esters is 4. The molecule has 58 heavy (non-hydrogen) atoms. The fourth-order valence-corrected chi connectivity index (χ4v) is 6.14. The van der Waals surface area contributed by atoms with Gasteiger partial charge in [0.25, 0.3) is 0 Å². The molecule has 0 aromatic heterocycles. The van der Waals surface area contributed by atoms with Crippen LogP contribution in [0.3, 0.4) is 0 Å². The maximum atomic E-state index is 13.1. The molecule has 4 aromatic carbocycles. The quantitative estimate of drug-likeness (QED) is 0.0238. The monoisotopic (exact) mass is 792 g/mol.